The maximum absolute atomic E-state index is 13.1. The van der Waals surface area contributed by atoms with E-state index in [-0.39, 0.29) is 11.3 Å². The largest absolute Gasteiger partial charge is 0.355 e. The third-order valence-electron chi connectivity index (χ3n) is 1.62. The predicted molar refractivity (Wildman–Crippen MR) is 47.6 cm³/mol. The van der Waals surface area contributed by atoms with Gasteiger partial charge in [0, 0.05) is 7.05 Å². The second-order valence-electron chi connectivity index (χ2n) is 2.42. The molecule has 1 rings (SSSR count). The first-order chi connectivity index (χ1) is 6.70. The van der Waals surface area contributed by atoms with E-state index < -0.39 is 11.7 Å². The van der Waals surface area contributed by atoms with Crippen LogP contribution in [0.1, 0.15) is 10.4 Å². The Morgan fingerprint density at radius 2 is 2.29 bits per heavy atom. The lowest BCUT2D eigenvalue weighted by molar-refractivity contribution is 0.0963. The Labute approximate surface area is 79.5 Å². The second kappa shape index (κ2) is 4.30. The molecule has 0 fully saturated rings. The van der Waals surface area contributed by atoms with Crippen molar-refractivity contribution in [2.24, 2.45) is 4.99 Å². The molecule has 0 saturated carbocycles. The zero-order valence-electron chi connectivity index (χ0n) is 7.37. The Morgan fingerprint density at radius 3 is 2.86 bits per heavy atom. The van der Waals surface area contributed by atoms with Crippen molar-refractivity contribution in [2.45, 2.75) is 0 Å². The number of nitrogens with zero attached hydrogens (tertiary/aromatic N) is 1. The van der Waals surface area contributed by atoms with Gasteiger partial charge in [-0.3, -0.25) is 4.79 Å². The minimum atomic E-state index is -0.727. The fourth-order valence-electron chi connectivity index (χ4n) is 0.993. The minimum absolute atomic E-state index is 0.0100. The van der Waals surface area contributed by atoms with Gasteiger partial charge >= 0.3 is 0 Å². The van der Waals surface area contributed by atoms with Gasteiger partial charge in [0.2, 0.25) is 6.08 Å². The highest BCUT2D eigenvalue weighted by molar-refractivity contribution is 5.99. The molecule has 0 spiro atoms. The van der Waals surface area contributed by atoms with Crippen LogP contribution < -0.4 is 5.32 Å². The minimum Gasteiger partial charge on any atom is -0.355 e. The molecule has 0 unspecified atom stereocenters. The summed E-state index contributed by atoms with van der Waals surface area (Å²) < 4.78 is 13.1. The molecule has 1 amide bonds. The van der Waals surface area contributed by atoms with E-state index in [2.05, 4.69) is 10.3 Å². The molecule has 0 radical (unpaired) electrons. The number of hydrogen-bond donors (Lipinski definition) is 1. The highest BCUT2D eigenvalue weighted by Gasteiger charge is 2.12. The van der Waals surface area contributed by atoms with Crippen LogP contribution in [0.4, 0.5) is 10.1 Å². The number of carbonyl (C=O) groups is 1. The van der Waals surface area contributed by atoms with Crippen molar-refractivity contribution in [3.8, 4) is 0 Å². The summed E-state index contributed by atoms with van der Waals surface area (Å²) in [6, 6.07) is 3.85. The Morgan fingerprint density at radius 1 is 1.57 bits per heavy atom. The lowest BCUT2D eigenvalue weighted by atomic mass is 10.1. The standard InChI is InChI=1S/C9H7FN2O2/c1-11-9(14)6-3-2-4-7(10)8(6)12-5-13/h2-4H,1H3,(H,11,14). The summed E-state index contributed by atoms with van der Waals surface area (Å²) in [6.45, 7) is 0. The van der Waals surface area contributed by atoms with Gasteiger partial charge in [-0.25, -0.2) is 9.18 Å². The molecule has 1 aromatic carbocycles. The van der Waals surface area contributed by atoms with Crippen molar-refractivity contribution in [1.29, 1.82) is 0 Å². The van der Waals surface area contributed by atoms with Gasteiger partial charge in [-0.2, -0.15) is 4.99 Å². The van der Waals surface area contributed by atoms with E-state index in [9.17, 15) is 14.0 Å². The number of rotatable bonds is 2. The number of carbonyl (C=O) groups excluding carboxylic acids is 2. The van der Waals surface area contributed by atoms with Crippen LogP contribution in [0.15, 0.2) is 23.2 Å². The Kier molecular flexibility index (Phi) is 3.09. The summed E-state index contributed by atoms with van der Waals surface area (Å²) in [5.74, 6) is -1.23. The van der Waals surface area contributed by atoms with Gasteiger partial charge in [0.1, 0.15) is 5.69 Å². The number of amides is 1. The maximum atomic E-state index is 13.1. The first kappa shape index (κ1) is 10.1. The molecule has 0 aromatic heterocycles. The predicted octanol–water partition coefficient (Wildman–Crippen LogP) is 1.15. The van der Waals surface area contributed by atoms with Crippen molar-refractivity contribution >= 4 is 17.7 Å². The number of nitrogens with one attached hydrogen (secondary N) is 1. The second-order valence-corrected chi connectivity index (χ2v) is 2.42. The SMILES string of the molecule is CNC(=O)c1cccc(F)c1N=C=O. The van der Waals surface area contributed by atoms with E-state index in [0.717, 1.165) is 6.07 Å². The van der Waals surface area contributed by atoms with Crippen LogP contribution in [0.5, 0.6) is 0 Å². The zero-order valence-corrected chi connectivity index (χ0v) is 7.37. The summed E-state index contributed by atoms with van der Waals surface area (Å²) in [6.07, 6.45) is 1.20. The molecule has 5 heteroatoms. The van der Waals surface area contributed by atoms with Crippen LogP contribution in [0.3, 0.4) is 0 Å². The quantitative estimate of drug-likeness (QED) is 0.567. The molecule has 0 atom stereocenters. The third-order valence-corrected chi connectivity index (χ3v) is 1.62. The highest BCUT2D eigenvalue weighted by Crippen LogP contribution is 2.22. The van der Waals surface area contributed by atoms with E-state index in [1.807, 2.05) is 0 Å². The fraction of sp³-hybridized carbons (Fsp3) is 0.111. The van der Waals surface area contributed by atoms with Crippen molar-refractivity contribution in [2.75, 3.05) is 7.05 Å². The molecule has 0 aliphatic rings. The third kappa shape index (κ3) is 1.84. The number of hydrogen-bond acceptors (Lipinski definition) is 3. The summed E-state index contributed by atoms with van der Waals surface area (Å²) in [7, 11) is 1.40. The average Bonchev–Trinajstić information content (AvgIpc) is 2.20. The molecule has 0 aliphatic carbocycles. The van der Waals surface area contributed by atoms with Gasteiger partial charge in [-0.05, 0) is 12.1 Å². The summed E-state index contributed by atoms with van der Waals surface area (Å²) in [4.78, 5) is 24.3. The lowest BCUT2D eigenvalue weighted by Gasteiger charge is -2.02. The van der Waals surface area contributed by atoms with Gasteiger partial charge in [0.05, 0.1) is 5.56 Å². The van der Waals surface area contributed by atoms with Crippen LogP contribution in [0.2, 0.25) is 0 Å². The van der Waals surface area contributed by atoms with Crippen molar-refractivity contribution in [3.63, 3.8) is 0 Å². The van der Waals surface area contributed by atoms with Crippen molar-refractivity contribution in [1.82, 2.24) is 5.32 Å². The summed E-state index contributed by atoms with van der Waals surface area (Å²) in [5.41, 5.74) is -0.280. The molecular formula is C9H7FN2O2. The van der Waals surface area contributed by atoms with Crippen LogP contribution in [0, 0.1) is 5.82 Å². The van der Waals surface area contributed by atoms with Crippen LogP contribution in [-0.2, 0) is 4.79 Å². The molecule has 1 N–H and O–H groups in total. The normalized spacial score (nSPS) is 9.00. The first-order valence-corrected chi connectivity index (χ1v) is 3.79. The van der Waals surface area contributed by atoms with E-state index in [1.54, 1.807) is 0 Å². The number of benzene rings is 1. The van der Waals surface area contributed by atoms with E-state index in [1.165, 1.54) is 25.3 Å². The Hall–Kier alpha value is -2.00. The smallest absolute Gasteiger partial charge is 0.253 e. The molecule has 0 heterocycles. The van der Waals surface area contributed by atoms with Crippen molar-refractivity contribution in [3.05, 3.63) is 29.6 Å². The number of halogens is 1. The fourth-order valence-corrected chi connectivity index (χ4v) is 0.993. The summed E-state index contributed by atoms with van der Waals surface area (Å²) >= 11 is 0. The first-order valence-electron chi connectivity index (χ1n) is 3.79. The van der Waals surface area contributed by atoms with Gasteiger partial charge in [-0.1, -0.05) is 6.07 Å². The van der Waals surface area contributed by atoms with E-state index in [0.29, 0.717) is 0 Å². The molecule has 0 bridgehead atoms. The molecule has 0 saturated heterocycles. The molecule has 0 aliphatic heterocycles. The molecule has 14 heavy (non-hydrogen) atoms. The van der Waals surface area contributed by atoms with Crippen molar-refractivity contribution < 1.29 is 14.0 Å². The zero-order chi connectivity index (χ0) is 10.6. The van der Waals surface area contributed by atoms with E-state index >= 15 is 0 Å². The van der Waals surface area contributed by atoms with Gasteiger partial charge in [0.25, 0.3) is 5.91 Å². The molecule has 1 aromatic rings. The van der Waals surface area contributed by atoms with Crippen LogP contribution in [0.25, 0.3) is 0 Å². The highest BCUT2D eigenvalue weighted by atomic mass is 19.1. The number of aliphatic imine (C=N–C) groups is 1. The summed E-state index contributed by atoms with van der Waals surface area (Å²) in [5, 5.41) is 2.31. The van der Waals surface area contributed by atoms with Gasteiger partial charge in [-0.15, -0.1) is 0 Å². The topological polar surface area (TPSA) is 58.5 Å². The monoisotopic (exact) mass is 194 g/mol. The molecule has 72 valence electrons. The van der Waals surface area contributed by atoms with E-state index in [4.69, 9.17) is 0 Å². The lowest BCUT2D eigenvalue weighted by Crippen LogP contribution is -2.18. The van der Waals surface area contributed by atoms with Gasteiger partial charge < -0.3 is 5.32 Å². The van der Waals surface area contributed by atoms with Crippen LogP contribution in [-0.4, -0.2) is 19.0 Å². The van der Waals surface area contributed by atoms with Crippen LogP contribution >= 0.6 is 0 Å². The Balaban J connectivity index is 3.34. The van der Waals surface area contributed by atoms with Gasteiger partial charge in [0.15, 0.2) is 5.82 Å². The number of para-hydroxylation sites is 1. The molecule has 4 nitrogen and oxygen atoms in total. The number of isocyanates is 1. The maximum Gasteiger partial charge on any atom is 0.253 e. The average molecular weight is 194 g/mol. The Bertz CT molecular complexity index is 411. The molecular weight excluding hydrogens is 187 g/mol.